The summed E-state index contributed by atoms with van der Waals surface area (Å²) >= 11 is 7.24. The summed E-state index contributed by atoms with van der Waals surface area (Å²) in [5.74, 6) is 2.92. The molecule has 1 unspecified atom stereocenters. The zero-order valence-corrected chi connectivity index (χ0v) is 9.72. The maximum atomic E-state index is 11.2. The van der Waals surface area contributed by atoms with Gasteiger partial charge in [-0.05, 0) is 23.8 Å². The van der Waals surface area contributed by atoms with Crippen LogP contribution in [-0.4, -0.2) is 38.1 Å². The number of rotatable bonds is 5. The van der Waals surface area contributed by atoms with Crippen molar-refractivity contribution in [1.29, 1.82) is 0 Å². The lowest BCUT2D eigenvalue weighted by Crippen LogP contribution is -2.31. The Labute approximate surface area is 88.7 Å². The molecule has 78 valence electrons. The zero-order chi connectivity index (χ0) is 9.73. The highest BCUT2D eigenvalue weighted by molar-refractivity contribution is 7.99. The monoisotopic (exact) mass is 243 g/mol. The van der Waals surface area contributed by atoms with Crippen molar-refractivity contribution in [3.05, 3.63) is 0 Å². The van der Waals surface area contributed by atoms with Crippen LogP contribution in [0.3, 0.4) is 0 Å². The predicted molar refractivity (Wildman–Crippen MR) is 57.9 cm³/mol. The molecule has 1 heterocycles. The van der Waals surface area contributed by atoms with Crippen LogP contribution in [0, 0.1) is 5.92 Å². The van der Waals surface area contributed by atoms with Gasteiger partial charge < -0.3 is 0 Å². The second-order valence-corrected chi connectivity index (χ2v) is 6.54. The number of hydrogen-bond acceptors (Lipinski definition) is 3. The van der Waals surface area contributed by atoms with E-state index in [1.807, 2.05) is 11.8 Å². The van der Waals surface area contributed by atoms with Crippen molar-refractivity contribution in [2.24, 2.45) is 5.92 Å². The van der Waals surface area contributed by atoms with E-state index < -0.39 is 10.0 Å². The molecular formula is C7H14ClNO2S2. The Kier molecular flexibility index (Phi) is 4.86. The molecule has 1 aliphatic rings. The van der Waals surface area contributed by atoms with Crippen molar-refractivity contribution in [1.82, 2.24) is 4.72 Å². The molecule has 0 aromatic heterocycles. The van der Waals surface area contributed by atoms with Crippen LogP contribution in [0.25, 0.3) is 0 Å². The SMILES string of the molecule is O=S(=O)(CCCl)NCC1CCSC1. The summed E-state index contributed by atoms with van der Waals surface area (Å²) in [5.41, 5.74) is 0. The Morgan fingerprint density at radius 1 is 1.54 bits per heavy atom. The summed E-state index contributed by atoms with van der Waals surface area (Å²) in [6.45, 7) is 0.576. The Bertz CT molecular complexity index is 237. The molecule has 13 heavy (non-hydrogen) atoms. The average molecular weight is 244 g/mol. The molecule has 1 saturated heterocycles. The van der Waals surface area contributed by atoms with E-state index in [1.165, 1.54) is 0 Å². The lowest BCUT2D eigenvalue weighted by Gasteiger charge is -2.09. The van der Waals surface area contributed by atoms with Crippen LogP contribution in [0.2, 0.25) is 0 Å². The van der Waals surface area contributed by atoms with Gasteiger partial charge in [-0.3, -0.25) is 0 Å². The standard InChI is InChI=1S/C7H14ClNO2S2/c8-2-4-13(10,11)9-5-7-1-3-12-6-7/h7,9H,1-6H2. The lowest BCUT2D eigenvalue weighted by molar-refractivity contribution is 0.547. The molecule has 0 saturated carbocycles. The quantitative estimate of drug-likeness (QED) is 0.730. The number of thioether (sulfide) groups is 1. The highest BCUT2D eigenvalue weighted by Crippen LogP contribution is 2.22. The molecule has 0 bridgehead atoms. The third kappa shape index (κ3) is 4.54. The first-order chi connectivity index (χ1) is 6.14. The lowest BCUT2D eigenvalue weighted by atomic mass is 10.1. The molecule has 1 aliphatic heterocycles. The third-order valence-electron chi connectivity index (χ3n) is 1.96. The first kappa shape index (κ1) is 11.6. The summed E-state index contributed by atoms with van der Waals surface area (Å²) in [6.07, 6.45) is 1.12. The van der Waals surface area contributed by atoms with E-state index in [0.717, 1.165) is 17.9 Å². The van der Waals surface area contributed by atoms with Crippen molar-refractivity contribution in [2.75, 3.05) is 29.7 Å². The second kappa shape index (κ2) is 5.44. The Morgan fingerprint density at radius 3 is 2.85 bits per heavy atom. The van der Waals surface area contributed by atoms with Crippen LogP contribution in [0.5, 0.6) is 0 Å². The largest absolute Gasteiger partial charge is 0.215 e. The van der Waals surface area contributed by atoms with Crippen molar-refractivity contribution < 1.29 is 8.42 Å². The molecule has 3 nitrogen and oxygen atoms in total. The summed E-state index contributed by atoms with van der Waals surface area (Å²) in [4.78, 5) is 0. The number of alkyl halides is 1. The molecule has 0 radical (unpaired) electrons. The minimum Gasteiger partial charge on any atom is -0.215 e. The van der Waals surface area contributed by atoms with Gasteiger partial charge in [0.1, 0.15) is 0 Å². The van der Waals surface area contributed by atoms with Crippen molar-refractivity contribution in [3.8, 4) is 0 Å². The zero-order valence-electron chi connectivity index (χ0n) is 7.33. The average Bonchev–Trinajstić information content (AvgIpc) is 2.52. The molecule has 0 aliphatic carbocycles. The van der Waals surface area contributed by atoms with E-state index in [-0.39, 0.29) is 11.6 Å². The van der Waals surface area contributed by atoms with Crippen molar-refractivity contribution in [2.45, 2.75) is 6.42 Å². The minimum absolute atomic E-state index is 0.0222. The maximum Gasteiger partial charge on any atom is 0.212 e. The summed E-state index contributed by atoms with van der Waals surface area (Å²) in [5, 5.41) is 0. The fraction of sp³-hybridized carbons (Fsp3) is 1.00. The van der Waals surface area contributed by atoms with Crippen LogP contribution >= 0.6 is 23.4 Å². The summed E-state index contributed by atoms with van der Waals surface area (Å²) in [6, 6.07) is 0. The van der Waals surface area contributed by atoms with E-state index in [4.69, 9.17) is 11.6 Å². The first-order valence-corrected chi connectivity index (χ1v) is 7.59. The van der Waals surface area contributed by atoms with Crippen molar-refractivity contribution in [3.63, 3.8) is 0 Å². The van der Waals surface area contributed by atoms with Gasteiger partial charge in [0.05, 0.1) is 5.75 Å². The van der Waals surface area contributed by atoms with Crippen LogP contribution < -0.4 is 4.72 Å². The maximum absolute atomic E-state index is 11.2. The molecule has 1 N–H and O–H groups in total. The Morgan fingerprint density at radius 2 is 2.31 bits per heavy atom. The van der Waals surface area contributed by atoms with E-state index in [1.54, 1.807) is 0 Å². The predicted octanol–water partition coefficient (Wildman–Crippen LogP) is 0.898. The van der Waals surface area contributed by atoms with E-state index >= 15 is 0 Å². The first-order valence-electron chi connectivity index (χ1n) is 4.25. The molecule has 0 spiro atoms. The molecule has 1 rings (SSSR count). The Balaban J connectivity index is 2.24. The second-order valence-electron chi connectivity index (χ2n) is 3.09. The van der Waals surface area contributed by atoms with Gasteiger partial charge in [0.25, 0.3) is 0 Å². The topological polar surface area (TPSA) is 46.2 Å². The van der Waals surface area contributed by atoms with Gasteiger partial charge in [0, 0.05) is 12.4 Å². The summed E-state index contributed by atoms with van der Waals surface area (Å²) in [7, 11) is -3.11. The van der Waals surface area contributed by atoms with Crippen LogP contribution in [0.15, 0.2) is 0 Å². The van der Waals surface area contributed by atoms with Crippen LogP contribution in [0.4, 0.5) is 0 Å². The van der Waals surface area contributed by atoms with Gasteiger partial charge in [0.2, 0.25) is 10.0 Å². The van der Waals surface area contributed by atoms with E-state index in [9.17, 15) is 8.42 Å². The van der Waals surface area contributed by atoms with Gasteiger partial charge in [0.15, 0.2) is 0 Å². The fourth-order valence-electron chi connectivity index (χ4n) is 1.16. The molecule has 1 atom stereocenters. The van der Waals surface area contributed by atoms with E-state index in [0.29, 0.717) is 12.5 Å². The number of nitrogens with one attached hydrogen (secondary N) is 1. The van der Waals surface area contributed by atoms with Crippen molar-refractivity contribution >= 4 is 33.4 Å². The van der Waals surface area contributed by atoms with Crippen LogP contribution in [0.1, 0.15) is 6.42 Å². The smallest absolute Gasteiger partial charge is 0.212 e. The van der Waals surface area contributed by atoms with Crippen LogP contribution in [-0.2, 0) is 10.0 Å². The molecule has 1 fully saturated rings. The number of hydrogen-bond donors (Lipinski definition) is 1. The van der Waals surface area contributed by atoms with Gasteiger partial charge >= 0.3 is 0 Å². The molecular weight excluding hydrogens is 230 g/mol. The van der Waals surface area contributed by atoms with Gasteiger partial charge in [-0.25, -0.2) is 13.1 Å². The number of halogens is 1. The molecule has 6 heteroatoms. The normalized spacial score (nSPS) is 23.6. The molecule has 0 amide bonds. The fourth-order valence-corrected chi connectivity index (χ4v) is 3.89. The highest BCUT2D eigenvalue weighted by atomic mass is 35.5. The van der Waals surface area contributed by atoms with E-state index in [2.05, 4.69) is 4.72 Å². The molecule has 0 aromatic rings. The highest BCUT2D eigenvalue weighted by Gasteiger charge is 2.18. The molecule has 0 aromatic carbocycles. The number of sulfonamides is 1. The van der Waals surface area contributed by atoms with Gasteiger partial charge in [-0.2, -0.15) is 11.8 Å². The minimum atomic E-state index is -3.11. The Hall–Kier alpha value is 0.550. The van der Waals surface area contributed by atoms with Gasteiger partial charge in [-0.15, -0.1) is 11.6 Å². The van der Waals surface area contributed by atoms with Gasteiger partial charge in [-0.1, -0.05) is 0 Å². The third-order valence-corrected chi connectivity index (χ3v) is 4.95. The summed E-state index contributed by atoms with van der Waals surface area (Å²) < 4.78 is 24.9.